The highest BCUT2D eigenvalue weighted by Crippen LogP contribution is 2.40. The molecule has 0 N–H and O–H groups in total. The average molecular weight is 607 g/mol. The number of para-hydroxylation sites is 1. The van der Waals surface area contributed by atoms with Gasteiger partial charge in [0, 0.05) is 37.8 Å². The summed E-state index contributed by atoms with van der Waals surface area (Å²) in [6.45, 7) is 0. The maximum absolute atomic E-state index is 13.4. The maximum atomic E-state index is 13.4. The lowest BCUT2D eigenvalue weighted by molar-refractivity contribution is 0.0705. The molecule has 7 nitrogen and oxygen atoms in total. The van der Waals surface area contributed by atoms with Gasteiger partial charge in [0.15, 0.2) is 11.3 Å². The number of carbonyl (C=O) groups excluding carboxylic acids is 1. The number of ether oxygens (including phenoxy) is 2. The van der Waals surface area contributed by atoms with E-state index in [1.165, 1.54) is 6.07 Å². The van der Waals surface area contributed by atoms with Crippen molar-refractivity contribution in [2.75, 3.05) is 7.11 Å². The molecule has 0 bridgehead atoms. The van der Waals surface area contributed by atoms with E-state index in [-0.39, 0.29) is 11.5 Å². The predicted octanol–water partition coefficient (Wildman–Crippen LogP) is 8.61. The lowest BCUT2D eigenvalue weighted by Gasteiger charge is -2.12. The average Bonchev–Trinajstić information content (AvgIpc) is 3.61. The van der Waals surface area contributed by atoms with Crippen LogP contribution in [0.4, 0.5) is 0 Å². The quantitative estimate of drug-likeness (QED) is 0.110. The van der Waals surface area contributed by atoms with Crippen molar-refractivity contribution >= 4 is 54.8 Å². The van der Waals surface area contributed by atoms with Crippen molar-refractivity contribution in [3.05, 3.63) is 118 Å². The van der Waals surface area contributed by atoms with Crippen molar-refractivity contribution in [2.45, 2.75) is 0 Å². The zero-order valence-electron chi connectivity index (χ0n) is 21.5. The molecule has 0 spiro atoms. The monoisotopic (exact) mass is 606 g/mol. The first-order chi connectivity index (χ1) is 20.0. The SMILES string of the molecule is COc1cccc2cc(-c3cc(=O)oc4cc(-c5ccccc5)c(OC(=O)c5cc6cc(Br)ccc6o5)cc34)oc12. The van der Waals surface area contributed by atoms with Gasteiger partial charge in [-0.1, -0.05) is 58.4 Å². The molecule has 0 aliphatic heterocycles. The topological polar surface area (TPSA) is 92.0 Å². The van der Waals surface area contributed by atoms with Gasteiger partial charge in [-0.3, -0.25) is 0 Å². The van der Waals surface area contributed by atoms with Crippen molar-refractivity contribution in [1.82, 2.24) is 0 Å². The molecule has 0 radical (unpaired) electrons. The van der Waals surface area contributed by atoms with E-state index in [1.807, 2.05) is 60.7 Å². The third kappa shape index (κ3) is 4.48. The summed E-state index contributed by atoms with van der Waals surface area (Å²) >= 11 is 3.44. The number of halogens is 1. The Hall–Kier alpha value is -5.08. The summed E-state index contributed by atoms with van der Waals surface area (Å²) in [4.78, 5) is 26.0. The second kappa shape index (κ2) is 9.83. The largest absolute Gasteiger partial charge is 0.493 e. The van der Waals surface area contributed by atoms with Gasteiger partial charge in [-0.05, 0) is 54.1 Å². The highest BCUT2D eigenvalue weighted by atomic mass is 79.9. The maximum Gasteiger partial charge on any atom is 0.379 e. The smallest absolute Gasteiger partial charge is 0.379 e. The summed E-state index contributed by atoms with van der Waals surface area (Å²) in [7, 11) is 1.57. The molecule has 200 valence electrons. The number of benzene rings is 4. The van der Waals surface area contributed by atoms with Crippen LogP contribution in [-0.4, -0.2) is 13.1 Å². The Balaban J connectivity index is 1.41. The van der Waals surface area contributed by atoms with E-state index in [0.717, 1.165) is 20.8 Å². The molecule has 7 aromatic rings. The minimum Gasteiger partial charge on any atom is -0.493 e. The van der Waals surface area contributed by atoms with Crippen LogP contribution >= 0.6 is 15.9 Å². The summed E-state index contributed by atoms with van der Waals surface area (Å²) in [6.07, 6.45) is 0. The fraction of sp³-hybridized carbons (Fsp3) is 0.0303. The van der Waals surface area contributed by atoms with Crippen molar-refractivity contribution in [3.8, 4) is 33.9 Å². The van der Waals surface area contributed by atoms with E-state index in [0.29, 0.717) is 44.8 Å². The number of furan rings is 2. The van der Waals surface area contributed by atoms with Gasteiger partial charge in [0.05, 0.1) is 7.11 Å². The Kier molecular flexibility index (Phi) is 5.98. The molecule has 0 fully saturated rings. The van der Waals surface area contributed by atoms with Crippen LogP contribution in [0.3, 0.4) is 0 Å². The van der Waals surface area contributed by atoms with Crippen molar-refractivity contribution < 1.29 is 27.5 Å². The molecule has 8 heteroatoms. The highest BCUT2D eigenvalue weighted by molar-refractivity contribution is 9.10. The standard InChI is InChI=1S/C33H19BrO7/c1-37-26-9-5-8-19-13-27(40-32(19)26)24-17-31(35)39-29-15-22(18-6-3-2-4-7-18)28(16-23(24)29)41-33(36)30-14-20-12-21(34)10-11-25(20)38-30/h2-17H,1H3. The number of methoxy groups -OCH3 is 1. The summed E-state index contributed by atoms with van der Waals surface area (Å²) < 4.78 is 29.8. The molecule has 4 aromatic carbocycles. The van der Waals surface area contributed by atoms with Gasteiger partial charge in [-0.2, -0.15) is 0 Å². The number of fused-ring (bicyclic) bond motifs is 3. The van der Waals surface area contributed by atoms with Crippen LogP contribution in [0, 0.1) is 0 Å². The van der Waals surface area contributed by atoms with Gasteiger partial charge in [-0.25, -0.2) is 9.59 Å². The summed E-state index contributed by atoms with van der Waals surface area (Å²) in [5.41, 5.74) is 2.70. The van der Waals surface area contributed by atoms with Gasteiger partial charge in [0.25, 0.3) is 0 Å². The van der Waals surface area contributed by atoms with Gasteiger partial charge >= 0.3 is 11.6 Å². The van der Waals surface area contributed by atoms with Crippen LogP contribution in [0.2, 0.25) is 0 Å². The molecule has 0 saturated heterocycles. The van der Waals surface area contributed by atoms with Gasteiger partial charge < -0.3 is 22.7 Å². The van der Waals surface area contributed by atoms with Crippen LogP contribution in [0.25, 0.3) is 55.4 Å². The Labute approximate surface area is 240 Å². The Bertz CT molecular complexity index is 2170. The minimum atomic E-state index is -0.665. The molecule has 0 atom stereocenters. The lowest BCUT2D eigenvalue weighted by atomic mass is 10.00. The third-order valence-corrected chi connectivity index (χ3v) is 7.30. The first-order valence-corrected chi connectivity index (χ1v) is 13.4. The van der Waals surface area contributed by atoms with E-state index in [4.69, 9.17) is 22.7 Å². The number of rotatable bonds is 5. The first-order valence-electron chi connectivity index (χ1n) is 12.6. The van der Waals surface area contributed by atoms with Gasteiger partial charge in [0.1, 0.15) is 22.7 Å². The number of carbonyl (C=O) groups is 1. The van der Waals surface area contributed by atoms with Crippen LogP contribution in [0.1, 0.15) is 10.6 Å². The molecule has 0 unspecified atom stereocenters. The van der Waals surface area contributed by atoms with E-state index in [1.54, 1.807) is 37.4 Å². The number of esters is 1. The molecular weight excluding hydrogens is 588 g/mol. The molecule has 0 aliphatic rings. The highest BCUT2D eigenvalue weighted by Gasteiger charge is 2.21. The van der Waals surface area contributed by atoms with Crippen LogP contribution in [0.5, 0.6) is 11.5 Å². The third-order valence-electron chi connectivity index (χ3n) is 6.81. The first kappa shape index (κ1) is 24.9. The van der Waals surface area contributed by atoms with E-state index in [2.05, 4.69) is 15.9 Å². The Morgan fingerprint density at radius 1 is 0.732 bits per heavy atom. The lowest BCUT2D eigenvalue weighted by Crippen LogP contribution is -2.08. The molecule has 3 aromatic heterocycles. The summed E-state index contributed by atoms with van der Waals surface area (Å²) in [5.74, 6) is 0.664. The van der Waals surface area contributed by atoms with Crippen molar-refractivity contribution in [1.29, 1.82) is 0 Å². The Morgan fingerprint density at radius 2 is 1.59 bits per heavy atom. The molecule has 0 saturated carbocycles. The number of hydrogen-bond acceptors (Lipinski definition) is 7. The molecule has 0 aliphatic carbocycles. The normalized spacial score (nSPS) is 11.4. The second-order valence-electron chi connectivity index (χ2n) is 9.36. The van der Waals surface area contributed by atoms with E-state index >= 15 is 0 Å². The molecule has 7 rings (SSSR count). The zero-order valence-corrected chi connectivity index (χ0v) is 23.1. The van der Waals surface area contributed by atoms with Crippen LogP contribution in [-0.2, 0) is 0 Å². The fourth-order valence-electron chi connectivity index (χ4n) is 4.91. The van der Waals surface area contributed by atoms with Crippen molar-refractivity contribution in [3.63, 3.8) is 0 Å². The molecule has 0 amide bonds. The summed E-state index contributed by atoms with van der Waals surface area (Å²) in [6, 6.07) is 28.6. The minimum absolute atomic E-state index is 0.0569. The van der Waals surface area contributed by atoms with Gasteiger partial charge in [-0.15, -0.1) is 0 Å². The molecule has 3 heterocycles. The number of hydrogen-bond donors (Lipinski definition) is 0. The zero-order chi connectivity index (χ0) is 28.1. The fourth-order valence-corrected chi connectivity index (χ4v) is 5.29. The summed E-state index contributed by atoms with van der Waals surface area (Å²) in [5, 5.41) is 2.10. The van der Waals surface area contributed by atoms with E-state index in [9.17, 15) is 9.59 Å². The van der Waals surface area contributed by atoms with Crippen LogP contribution < -0.4 is 15.1 Å². The molecular formula is C33H19BrO7. The predicted molar refractivity (Wildman–Crippen MR) is 159 cm³/mol. The molecule has 41 heavy (non-hydrogen) atoms. The second-order valence-corrected chi connectivity index (χ2v) is 10.3. The van der Waals surface area contributed by atoms with Crippen molar-refractivity contribution in [2.24, 2.45) is 0 Å². The Morgan fingerprint density at radius 3 is 2.41 bits per heavy atom. The van der Waals surface area contributed by atoms with Crippen LogP contribution in [0.15, 0.2) is 120 Å². The van der Waals surface area contributed by atoms with Gasteiger partial charge in [0.2, 0.25) is 5.76 Å². The van der Waals surface area contributed by atoms with E-state index < -0.39 is 11.6 Å².